The first-order valence-electron chi connectivity index (χ1n) is 10.8. The van der Waals surface area contributed by atoms with Crippen molar-refractivity contribution in [2.75, 3.05) is 18.0 Å². The number of nitrogens with one attached hydrogen (secondary N) is 2. The van der Waals surface area contributed by atoms with Crippen molar-refractivity contribution >= 4 is 11.7 Å². The van der Waals surface area contributed by atoms with Crippen molar-refractivity contribution in [2.45, 2.75) is 33.2 Å². The van der Waals surface area contributed by atoms with E-state index in [1.165, 1.54) is 12.8 Å². The average Bonchev–Trinajstić information content (AvgIpc) is 2.78. The smallest absolute Gasteiger partial charge is 0.261 e. The largest absolute Gasteiger partial charge is 0.357 e. The number of aromatic amines is 1. The molecular formula is C25H28N4O2. The lowest BCUT2D eigenvalue weighted by Gasteiger charge is -2.31. The summed E-state index contributed by atoms with van der Waals surface area (Å²) in [7, 11) is 0. The molecule has 1 aliphatic heterocycles. The number of amides is 1. The van der Waals surface area contributed by atoms with Crippen molar-refractivity contribution in [3.05, 3.63) is 81.8 Å². The summed E-state index contributed by atoms with van der Waals surface area (Å²) in [5.41, 5.74) is 3.31. The van der Waals surface area contributed by atoms with Crippen LogP contribution in [0.2, 0.25) is 0 Å². The van der Waals surface area contributed by atoms with Crippen LogP contribution >= 0.6 is 0 Å². The number of H-pyrrole nitrogens is 1. The maximum absolute atomic E-state index is 12.5. The van der Waals surface area contributed by atoms with E-state index in [0.717, 1.165) is 41.5 Å². The normalized spacial score (nSPS) is 14.5. The summed E-state index contributed by atoms with van der Waals surface area (Å²) in [6.07, 6.45) is 4.17. The first-order chi connectivity index (χ1) is 15.0. The van der Waals surface area contributed by atoms with Gasteiger partial charge in [-0.3, -0.25) is 9.59 Å². The Hall–Kier alpha value is -3.41. The van der Waals surface area contributed by atoms with Crippen molar-refractivity contribution in [3.8, 4) is 11.3 Å². The van der Waals surface area contributed by atoms with Crippen molar-refractivity contribution in [2.24, 2.45) is 5.92 Å². The Morgan fingerprint density at radius 2 is 1.97 bits per heavy atom. The Labute approximate surface area is 182 Å². The van der Waals surface area contributed by atoms with E-state index >= 15 is 0 Å². The molecule has 0 unspecified atom stereocenters. The molecule has 0 bridgehead atoms. The first-order valence-corrected chi connectivity index (χ1v) is 10.8. The standard InChI is InChI=1S/C25H28N4O2/c1-17-10-12-29(13-11-17)23-9-6-19(15-26-23)16-27-24(30)21-7-8-22(28-25(21)31)20-5-3-4-18(2)14-20/h3-9,14-15,17H,10-13,16H2,1-2H3,(H,27,30)(H,28,31). The Morgan fingerprint density at radius 3 is 2.65 bits per heavy atom. The van der Waals surface area contributed by atoms with E-state index in [9.17, 15) is 9.59 Å². The Balaban J connectivity index is 1.38. The molecule has 3 heterocycles. The van der Waals surface area contributed by atoms with Gasteiger partial charge in [-0.25, -0.2) is 4.98 Å². The van der Waals surface area contributed by atoms with Gasteiger partial charge in [-0.1, -0.05) is 36.8 Å². The van der Waals surface area contributed by atoms with Gasteiger partial charge >= 0.3 is 0 Å². The lowest BCUT2D eigenvalue weighted by atomic mass is 9.99. The molecule has 1 amide bonds. The maximum Gasteiger partial charge on any atom is 0.261 e. The highest BCUT2D eigenvalue weighted by molar-refractivity contribution is 5.94. The molecule has 1 aliphatic rings. The van der Waals surface area contributed by atoms with Gasteiger partial charge in [0.2, 0.25) is 0 Å². The minimum atomic E-state index is -0.399. The van der Waals surface area contributed by atoms with E-state index in [-0.39, 0.29) is 5.56 Å². The number of aryl methyl sites for hydroxylation is 1. The van der Waals surface area contributed by atoms with Crippen LogP contribution in [0.15, 0.2) is 59.5 Å². The molecule has 2 N–H and O–H groups in total. The van der Waals surface area contributed by atoms with Crippen LogP contribution in [0, 0.1) is 12.8 Å². The highest BCUT2D eigenvalue weighted by Crippen LogP contribution is 2.21. The molecule has 31 heavy (non-hydrogen) atoms. The molecule has 0 radical (unpaired) electrons. The molecular weight excluding hydrogens is 388 g/mol. The number of nitrogens with zero attached hydrogens (tertiary/aromatic N) is 2. The van der Waals surface area contributed by atoms with E-state index in [1.807, 2.05) is 43.3 Å². The van der Waals surface area contributed by atoms with Gasteiger partial charge in [0.1, 0.15) is 11.4 Å². The quantitative estimate of drug-likeness (QED) is 0.661. The minimum Gasteiger partial charge on any atom is -0.357 e. The number of aromatic nitrogens is 2. The van der Waals surface area contributed by atoms with Crippen LogP contribution in [0.1, 0.15) is 41.3 Å². The van der Waals surface area contributed by atoms with Gasteiger partial charge in [-0.2, -0.15) is 0 Å². The van der Waals surface area contributed by atoms with Gasteiger partial charge in [0.05, 0.1) is 0 Å². The fraction of sp³-hybridized carbons (Fsp3) is 0.320. The van der Waals surface area contributed by atoms with Gasteiger partial charge in [-0.05, 0) is 61.1 Å². The summed E-state index contributed by atoms with van der Waals surface area (Å²) in [4.78, 5) is 34.7. The van der Waals surface area contributed by atoms with Crippen LogP contribution in [0.25, 0.3) is 11.3 Å². The number of hydrogen-bond donors (Lipinski definition) is 2. The van der Waals surface area contributed by atoms with Crippen molar-refractivity contribution in [1.29, 1.82) is 0 Å². The summed E-state index contributed by atoms with van der Waals surface area (Å²) in [5, 5.41) is 2.82. The van der Waals surface area contributed by atoms with Crippen molar-refractivity contribution in [1.82, 2.24) is 15.3 Å². The van der Waals surface area contributed by atoms with E-state index in [0.29, 0.717) is 12.2 Å². The number of benzene rings is 1. The number of piperidine rings is 1. The first kappa shape index (κ1) is 20.8. The third-order valence-electron chi connectivity index (χ3n) is 5.85. The predicted octanol–water partition coefficient (Wildman–Crippen LogP) is 3.91. The lowest BCUT2D eigenvalue weighted by Crippen LogP contribution is -2.33. The van der Waals surface area contributed by atoms with E-state index in [4.69, 9.17) is 0 Å². The van der Waals surface area contributed by atoms with Gasteiger partial charge in [-0.15, -0.1) is 0 Å². The van der Waals surface area contributed by atoms with Crippen LogP contribution in [0.5, 0.6) is 0 Å². The minimum absolute atomic E-state index is 0.100. The zero-order chi connectivity index (χ0) is 21.8. The summed E-state index contributed by atoms with van der Waals surface area (Å²) < 4.78 is 0. The summed E-state index contributed by atoms with van der Waals surface area (Å²) in [5.74, 6) is 1.36. The topological polar surface area (TPSA) is 78.1 Å². The lowest BCUT2D eigenvalue weighted by molar-refractivity contribution is 0.0949. The van der Waals surface area contributed by atoms with Crippen LogP contribution in [-0.2, 0) is 6.54 Å². The second kappa shape index (κ2) is 9.16. The van der Waals surface area contributed by atoms with E-state index in [1.54, 1.807) is 18.3 Å². The SMILES string of the molecule is Cc1cccc(-c2ccc(C(=O)NCc3ccc(N4CCC(C)CC4)nc3)c(=O)[nH]2)c1. The summed E-state index contributed by atoms with van der Waals surface area (Å²) in [6, 6.07) is 15.2. The number of carbonyl (C=O) groups excluding carboxylic acids is 1. The zero-order valence-electron chi connectivity index (χ0n) is 18.0. The molecule has 0 saturated carbocycles. The Kier molecular flexibility index (Phi) is 6.16. The second-order valence-corrected chi connectivity index (χ2v) is 8.36. The van der Waals surface area contributed by atoms with Crippen LogP contribution in [-0.4, -0.2) is 29.0 Å². The number of pyridine rings is 2. The summed E-state index contributed by atoms with van der Waals surface area (Å²) in [6.45, 7) is 6.68. The Morgan fingerprint density at radius 1 is 1.16 bits per heavy atom. The monoisotopic (exact) mass is 416 g/mol. The van der Waals surface area contributed by atoms with E-state index in [2.05, 4.69) is 27.1 Å². The third-order valence-corrected chi connectivity index (χ3v) is 5.85. The van der Waals surface area contributed by atoms with Gasteiger partial charge < -0.3 is 15.2 Å². The number of anilines is 1. The number of hydrogen-bond acceptors (Lipinski definition) is 4. The van der Waals surface area contributed by atoms with Gasteiger partial charge in [0.25, 0.3) is 11.5 Å². The molecule has 6 nitrogen and oxygen atoms in total. The summed E-state index contributed by atoms with van der Waals surface area (Å²) >= 11 is 0. The molecule has 0 atom stereocenters. The molecule has 6 heteroatoms. The molecule has 1 aromatic carbocycles. The molecule has 2 aromatic heterocycles. The predicted molar refractivity (Wildman–Crippen MR) is 123 cm³/mol. The molecule has 1 fully saturated rings. The maximum atomic E-state index is 12.5. The highest BCUT2D eigenvalue weighted by atomic mass is 16.2. The molecule has 1 saturated heterocycles. The van der Waals surface area contributed by atoms with E-state index < -0.39 is 11.5 Å². The Bertz CT molecular complexity index is 1110. The van der Waals surface area contributed by atoms with Gasteiger partial charge in [0.15, 0.2) is 0 Å². The van der Waals surface area contributed by atoms with Crippen LogP contribution in [0.3, 0.4) is 0 Å². The van der Waals surface area contributed by atoms with Gasteiger partial charge in [0, 0.05) is 31.5 Å². The fourth-order valence-electron chi connectivity index (χ4n) is 3.86. The second-order valence-electron chi connectivity index (χ2n) is 8.36. The zero-order valence-corrected chi connectivity index (χ0v) is 18.0. The number of carbonyl (C=O) groups is 1. The van der Waals surface area contributed by atoms with Crippen LogP contribution < -0.4 is 15.8 Å². The molecule has 4 rings (SSSR count). The average molecular weight is 417 g/mol. The number of rotatable bonds is 5. The van der Waals surface area contributed by atoms with Crippen molar-refractivity contribution in [3.63, 3.8) is 0 Å². The highest BCUT2D eigenvalue weighted by Gasteiger charge is 2.17. The van der Waals surface area contributed by atoms with Crippen molar-refractivity contribution < 1.29 is 4.79 Å². The third kappa shape index (κ3) is 5.02. The molecule has 0 spiro atoms. The molecule has 0 aliphatic carbocycles. The fourth-order valence-corrected chi connectivity index (χ4v) is 3.86. The molecule has 160 valence electrons. The molecule has 3 aromatic rings. The van der Waals surface area contributed by atoms with Crippen LogP contribution in [0.4, 0.5) is 5.82 Å².